The van der Waals surface area contributed by atoms with E-state index in [4.69, 9.17) is 11.6 Å². The molecule has 0 aliphatic heterocycles. The number of halogens is 2. The van der Waals surface area contributed by atoms with Crippen LogP contribution in [0.2, 0.25) is 5.02 Å². The van der Waals surface area contributed by atoms with Gasteiger partial charge in [-0.2, -0.15) is 0 Å². The molecule has 4 heteroatoms. The molecule has 0 saturated carbocycles. The molecule has 0 fully saturated rings. The van der Waals surface area contributed by atoms with Gasteiger partial charge in [-0.15, -0.1) is 0 Å². The van der Waals surface area contributed by atoms with Crippen LogP contribution in [0.4, 0.5) is 4.39 Å². The van der Waals surface area contributed by atoms with E-state index in [9.17, 15) is 4.39 Å². The lowest BCUT2D eigenvalue weighted by atomic mass is 9.90. The average molecular weight is 291 g/mol. The number of rotatable bonds is 3. The lowest BCUT2D eigenvalue weighted by molar-refractivity contribution is 0.467. The minimum absolute atomic E-state index is 0.0191. The molecule has 1 N–H and O–H groups in total. The Bertz CT molecular complexity index is 630. The first-order chi connectivity index (χ1) is 9.72. The van der Waals surface area contributed by atoms with Crippen LogP contribution in [0.15, 0.2) is 36.5 Å². The average Bonchev–Trinajstić information content (AvgIpc) is 2.88. The predicted octanol–water partition coefficient (Wildman–Crippen LogP) is 3.86. The standard InChI is InChI=1S/C16H16ClFN2/c1-19-16(11-5-2-6-13(18)14(11)17)12-8-7-10-4-3-9-20-15(10)12/h2-6,9,12,16,19H,7-8H2,1H3. The number of likely N-dealkylation sites (N-methyl/N-ethyl adjacent to an activating group) is 1. The van der Waals surface area contributed by atoms with Crippen LogP contribution >= 0.6 is 11.6 Å². The van der Waals surface area contributed by atoms with Gasteiger partial charge >= 0.3 is 0 Å². The van der Waals surface area contributed by atoms with Crippen molar-refractivity contribution < 1.29 is 4.39 Å². The van der Waals surface area contributed by atoms with E-state index in [1.165, 1.54) is 11.6 Å². The number of benzene rings is 1. The summed E-state index contributed by atoms with van der Waals surface area (Å²) >= 11 is 6.14. The summed E-state index contributed by atoms with van der Waals surface area (Å²) in [4.78, 5) is 4.51. The largest absolute Gasteiger partial charge is 0.312 e. The molecule has 1 aliphatic rings. The van der Waals surface area contributed by atoms with Crippen LogP contribution in [0.5, 0.6) is 0 Å². The minimum atomic E-state index is -0.372. The van der Waals surface area contributed by atoms with Gasteiger partial charge in [0.1, 0.15) is 5.82 Å². The molecular weight excluding hydrogens is 275 g/mol. The van der Waals surface area contributed by atoms with Crippen molar-refractivity contribution in [3.8, 4) is 0 Å². The summed E-state index contributed by atoms with van der Waals surface area (Å²) in [5.74, 6) is -0.140. The second-order valence-corrected chi connectivity index (χ2v) is 5.48. The molecule has 0 saturated heterocycles. The van der Waals surface area contributed by atoms with Crippen LogP contribution in [0.3, 0.4) is 0 Å². The summed E-state index contributed by atoms with van der Waals surface area (Å²) in [7, 11) is 1.88. The minimum Gasteiger partial charge on any atom is -0.312 e. The van der Waals surface area contributed by atoms with Gasteiger partial charge in [0.05, 0.1) is 5.02 Å². The van der Waals surface area contributed by atoms with Crippen LogP contribution < -0.4 is 5.32 Å². The van der Waals surface area contributed by atoms with Gasteiger partial charge in [-0.25, -0.2) is 4.39 Å². The topological polar surface area (TPSA) is 24.9 Å². The fourth-order valence-electron chi connectivity index (χ4n) is 3.10. The highest BCUT2D eigenvalue weighted by Crippen LogP contribution is 2.42. The van der Waals surface area contributed by atoms with Crippen molar-refractivity contribution in [3.05, 3.63) is 64.2 Å². The lowest BCUT2D eigenvalue weighted by Gasteiger charge is -2.24. The van der Waals surface area contributed by atoms with Crippen molar-refractivity contribution in [1.29, 1.82) is 0 Å². The third-order valence-corrected chi connectivity index (χ3v) is 4.43. The Morgan fingerprint density at radius 3 is 3.00 bits per heavy atom. The summed E-state index contributed by atoms with van der Waals surface area (Å²) in [6.45, 7) is 0. The molecule has 1 aromatic carbocycles. The molecule has 0 bridgehead atoms. The number of pyridine rings is 1. The third kappa shape index (κ3) is 2.21. The molecule has 2 atom stereocenters. The summed E-state index contributed by atoms with van der Waals surface area (Å²) in [5, 5.41) is 3.48. The molecule has 3 rings (SSSR count). The van der Waals surface area contributed by atoms with Gasteiger partial charge in [-0.3, -0.25) is 4.98 Å². The Morgan fingerprint density at radius 2 is 2.20 bits per heavy atom. The van der Waals surface area contributed by atoms with Gasteiger partial charge in [0.15, 0.2) is 0 Å². The Kier molecular flexibility index (Phi) is 3.72. The Labute approximate surface area is 123 Å². The number of hydrogen-bond acceptors (Lipinski definition) is 2. The number of hydrogen-bond donors (Lipinski definition) is 1. The lowest BCUT2D eigenvalue weighted by Crippen LogP contribution is -2.23. The normalized spacial score (nSPS) is 18.9. The van der Waals surface area contributed by atoms with Crippen molar-refractivity contribution in [1.82, 2.24) is 10.3 Å². The fraction of sp³-hybridized carbons (Fsp3) is 0.312. The van der Waals surface area contributed by atoms with Crippen LogP contribution in [0, 0.1) is 5.82 Å². The zero-order valence-corrected chi connectivity index (χ0v) is 12.0. The highest BCUT2D eigenvalue weighted by Gasteiger charge is 2.32. The zero-order chi connectivity index (χ0) is 14.1. The monoisotopic (exact) mass is 290 g/mol. The molecule has 2 nitrogen and oxygen atoms in total. The smallest absolute Gasteiger partial charge is 0.142 e. The van der Waals surface area contributed by atoms with Gasteiger partial charge in [-0.1, -0.05) is 29.8 Å². The van der Waals surface area contributed by atoms with E-state index in [0.717, 1.165) is 24.1 Å². The van der Waals surface area contributed by atoms with Gasteiger partial charge < -0.3 is 5.32 Å². The van der Waals surface area contributed by atoms with Crippen molar-refractivity contribution in [2.75, 3.05) is 7.05 Å². The summed E-state index contributed by atoms with van der Waals surface area (Å²) in [5.41, 5.74) is 3.19. The van der Waals surface area contributed by atoms with Gasteiger partial charge in [0.2, 0.25) is 0 Å². The molecule has 0 radical (unpaired) electrons. The molecular formula is C16H16ClFN2. The van der Waals surface area contributed by atoms with E-state index in [1.54, 1.807) is 6.07 Å². The number of aromatic nitrogens is 1. The van der Waals surface area contributed by atoms with E-state index in [1.807, 2.05) is 25.4 Å². The number of aryl methyl sites for hydroxylation is 1. The molecule has 1 aromatic heterocycles. The van der Waals surface area contributed by atoms with Crippen LogP contribution in [-0.4, -0.2) is 12.0 Å². The molecule has 1 heterocycles. The van der Waals surface area contributed by atoms with Gasteiger partial charge in [-0.05, 0) is 43.1 Å². The SMILES string of the molecule is CNC(c1cccc(F)c1Cl)C1CCc2cccnc21. The summed E-state index contributed by atoms with van der Waals surface area (Å²) < 4.78 is 13.7. The van der Waals surface area contributed by atoms with Crippen LogP contribution in [0.1, 0.15) is 35.2 Å². The number of nitrogens with one attached hydrogen (secondary N) is 1. The maximum atomic E-state index is 13.7. The Hall–Kier alpha value is -1.45. The predicted molar refractivity (Wildman–Crippen MR) is 78.5 cm³/mol. The second-order valence-electron chi connectivity index (χ2n) is 5.10. The summed E-state index contributed by atoms with van der Waals surface area (Å²) in [6.07, 6.45) is 3.83. The molecule has 20 heavy (non-hydrogen) atoms. The number of nitrogens with zero attached hydrogens (tertiary/aromatic N) is 1. The second kappa shape index (κ2) is 5.51. The van der Waals surface area contributed by atoms with Crippen molar-refractivity contribution in [2.45, 2.75) is 24.8 Å². The maximum Gasteiger partial charge on any atom is 0.142 e. The highest BCUT2D eigenvalue weighted by molar-refractivity contribution is 6.31. The molecule has 1 aliphatic carbocycles. The first-order valence-electron chi connectivity index (χ1n) is 6.77. The van der Waals surface area contributed by atoms with E-state index in [0.29, 0.717) is 0 Å². The van der Waals surface area contributed by atoms with E-state index in [-0.39, 0.29) is 22.8 Å². The Balaban J connectivity index is 2.02. The molecule has 2 aromatic rings. The molecule has 0 spiro atoms. The zero-order valence-electron chi connectivity index (χ0n) is 11.2. The maximum absolute atomic E-state index is 13.7. The van der Waals surface area contributed by atoms with Gasteiger partial charge in [0, 0.05) is 23.9 Å². The van der Waals surface area contributed by atoms with E-state index < -0.39 is 0 Å². The van der Waals surface area contributed by atoms with E-state index in [2.05, 4.69) is 16.4 Å². The fourth-order valence-corrected chi connectivity index (χ4v) is 3.35. The quantitative estimate of drug-likeness (QED) is 0.928. The molecule has 104 valence electrons. The van der Waals surface area contributed by atoms with Crippen molar-refractivity contribution in [3.63, 3.8) is 0 Å². The van der Waals surface area contributed by atoms with Crippen molar-refractivity contribution >= 4 is 11.6 Å². The van der Waals surface area contributed by atoms with E-state index >= 15 is 0 Å². The molecule has 2 unspecified atom stereocenters. The first kappa shape index (κ1) is 13.5. The third-order valence-electron chi connectivity index (χ3n) is 4.03. The summed E-state index contributed by atoms with van der Waals surface area (Å²) in [6, 6.07) is 9.03. The van der Waals surface area contributed by atoms with Crippen molar-refractivity contribution in [2.24, 2.45) is 0 Å². The van der Waals surface area contributed by atoms with Crippen LogP contribution in [-0.2, 0) is 6.42 Å². The number of fused-ring (bicyclic) bond motifs is 1. The van der Waals surface area contributed by atoms with Crippen LogP contribution in [0.25, 0.3) is 0 Å². The first-order valence-corrected chi connectivity index (χ1v) is 7.15. The van der Waals surface area contributed by atoms with Gasteiger partial charge in [0.25, 0.3) is 0 Å². The Morgan fingerprint density at radius 1 is 1.35 bits per heavy atom. The highest BCUT2D eigenvalue weighted by atomic mass is 35.5. The molecule has 0 amide bonds.